The molecule has 8 heteroatoms. The van der Waals surface area contributed by atoms with Crippen LogP contribution in [0.5, 0.6) is 5.75 Å². The highest BCUT2D eigenvalue weighted by Crippen LogP contribution is 2.22. The lowest BCUT2D eigenvalue weighted by Crippen LogP contribution is -2.13. The lowest BCUT2D eigenvalue weighted by Gasteiger charge is -2.08. The van der Waals surface area contributed by atoms with Crippen LogP contribution in [-0.2, 0) is 11.4 Å². The molecule has 0 spiro atoms. The summed E-state index contributed by atoms with van der Waals surface area (Å²) in [5.41, 5.74) is 2.72. The van der Waals surface area contributed by atoms with Crippen molar-refractivity contribution in [2.45, 2.75) is 25.7 Å². The molecule has 0 aliphatic heterocycles. The highest BCUT2D eigenvalue weighted by atomic mass is 32.2. The average Bonchev–Trinajstić information content (AvgIpc) is 3.11. The zero-order valence-corrected chi connectivity index (χ0v) is 15.7. The van der Waals surface area contributed by atoms with Crippen molar-refractivity contribution < 1.29 is 18.3 Å². The third kappa shape index (κ3) is 5.30. The summed E-state index contributed by atoms with van der Waals surface area (Å²) in [5.74, 6) is 0.580. The third-order valence-corrected chi connectivity index (χ3v) is 4.63. The lowest BCUT2D eigenvalue weighted by atomic mass is 10.1. The molecule has 27 heavy (non-hydrogen) atoms. The number of hydrogen-bond acceptors (Lipinski definition) is 6. The second kappa shape index (κ2) is 8.68. The minimum Gasteiger partial charge on any atom is -0.484 e. The quantitative estimate of drug-likeness (QED) is 0.614. The molecule has 1 heterocycles. The number of amides is 1. The van der Waals surface area contributed by atoms with Gasteiger partial charge in [-0.25, -0.2) is 4.39 Å². The molecule has 0 aliphatic carbocycles. The van der Waals surface area contributed by atoms with Crippen LogP contribution >= 0.6 is 11.8 Å². The fourth-order valence-corrected chi connectivity index (χ4v) is 2.81. The van der Waals surface area contributed by atoms with E-state index in [0.29, 0.717) is 11.6 Å². The van der Waals surface area contributed by atoms with Crippen LogP contribution in [0, 0.1) is 19.7 Å². The van der Waals surface area contributed by atoms with Crippen molar-refractivity contribution in [2.24, 2.45) is 0 Å². The van der Waals surface area contributed by atoms with E-state index in [9.17, 15) is 9.18 Å². The molecule has 3 rings (SSSR count). The topological polar surface area (TPSA) is 77.2 Å². The van der Waals surface area contributed by atoms with E-state index < -0.39 is 0 Å². The van der Waals surface area contributed by atoms with Gasteiger partial charge in [0.1, 0.15) is 11.6 Å². The van der Waals surface area contributed by atoms with E-state index in [0.717, 1.165) is 28.6 Å². The van der Waals surface area contributed by atoms with Crippen LogP contribution in [0.1, 0.15) is 17.0 Å². The fraction of sp³-hybridized carbons (Fsp3) is 0.211. The van der Waals surface area contributed by atoms with Crippen molar-refractivity contribution >= 4 is 23.4 Å². The van der Waals surface area contributed by atoms with Crippen LogP contribution < -0.4 is 10.1 Å². The van der Waals surface area contributed by atoms with E-state index in [4.69, 9.17) is 9.15 Å². The number of aromatic nitrogens is 2. The number of benzene rings is 2. The summed E-state index contributed by atoms with van der Waals surface area (Å²) in [4.78, 5) is 11.9. The molecule has 2 aromatic carbocycles. The van der Waals surface area contributed by atoms with E-state index in [2.05, 4.69) is 15.5 Å². The normalized spacial score (nSPS) is 10.6. The Morgan fingerprint density at radius 3 is 2.74 bits per heavy atom. The number of aryl methyl sites for hydroxylation is 1. The largest absolute Gasteiger partial charge is 0.484 e. The van der Waals surface area contributed by atoms with E-state index in [1.807, 2.05) is 32.0 Å². The van der Waals surface area contributed by atoms with Gasteiger partial charge in [0.2, 0.25) is 5.91 Å². The Kier molecular flexibility index (Phi) is 6.08. The minimum atomic E-state index is -0.358. The summed E-state index contributed by atoms with van der Waals surface area (Å²) in [6, 6.07) is 11.4. The number of ether oxygens (including phenoxy) is 1. The number of thioether (sulfide) groups is 1. The zero-order chi connectivity index (χ0) is 19.2. The highest BCUT2D eigenvalue weighted by Gasteiger charge is 2.11. The first-order valence-corrected chi connectivity index (χ1v) is 9.19. The number of anilines is 1. The smallest absolute Gasteiger partial charge is 0.277 e. The van der Waals surface area contributed by atoms with Crippen molar-refractivity contribution in [3.8, 4) is 5.75 Å². The van der Waals surface area contributed by atoms with E-state index in [1.54, 1.807) is 0 Å². The molecule has 0 bridgehead atoms. The van der Waals surface area contributed by atoms with Gasteiger partial charge in [-0.15, -0.1) is 10.2 Å². The molecule has 0 fully saturated rings. The second-order valence-electron chi connectivity index (χ2n) is 5.79. The molecule has 1 amide bonds. The molecule has 0 saturated heterocycles. The number of halogens is 1. The van der Waals surface area contributed by atoms with Crippen LogP contribution in [0.4, 0.5) is 10.1 Å². The third-order valence-electron chi connectivity index (χ3n) is 3.81. The maximum atomic E-state index is 12.9. The van der Waals surface area contributed by atoms with E-state index >= 15 is 0 Å². The predicted octanol–water partition coefficient (Wildman–Crippen LogP) is 4.14. The van der Waals surface area contributed by atoms with Crippen LogP contribution in [0.3, 0.4) is 0 Å². The zero-order valence-electron chi connectivity index (χ0n) is 14.9. The maximum Gasteiger partial charge on any atom is 0.277 e. The Bertz CT molecular complexity index is 928. The predicted molar refractivity (Wildman–Crippen MR) is 100 cm³/mol. The number of carbonyl (C=O) groups is 1. The Morgan fingerprint density at radius 2 is 1.96 bits per heavy atom. The molecule has 0 aliphatic rings. The first kappa shape index (κ1) is 18.9. The number of nitrogens with one attached hydrogen (secondary N) is 1. The standard InChI is InChI=1S/C19H18FN3O3S/c1-12-4-3-5-16(13(12)2)25-10-18-22-23-19(26-18)27-11-17(24)21-15-8-6-14(20)7-9-15/h3-9H,10-11H2,1-2H3,(H,21,24). The number of hydrogen-bond donors (Lipinski definition) is 1. The lowest BCUT2D eigenvalue weighted by molar-refractivity contribution is -0.113. The van der Waals surface area contributed by atoms with Gasteiger partial charge in [0.15, 0.2) is 6.61 Å². The summed E-state index contributed by atoms with van der Waals surface area (Å²) < 4.78 is 24.0. The molecular formula is C19H18FN3O3S. The van der Waals surface area contributed by atoms with Crippen molar-refractivity contribution in [1.29, 1.82) is 0 Å². The molecule has 140 valence electrons. The Balaban J connectivity index is 1.48. The number of carbonyl (C=O) groups excluding carboxylic acids is 1. The van der Waals surface area contributed by atoms with Crippen LogP contribution in [0.25, 0.3) is 0 Å². The molecule has 6 nitrogen and oxygen atoms in total. The van der Waals surface area contributed by atoms with Gasteiger partial charge in [0.25, 0.3) is 11.1 Å². The van der Waals surface area contributed by atoms with Gasteiger partial charge in [-0.2, -0.15) is 0 Å². The van der Waals surface area contributed by atoms with Gasteiger partial charge in [-0.05, 0) is 55.3 Å². The monoisotopic (exact) mass is 387 g/mol. The van der Waals surface area contributed by atoms with Crippen molar-refractivity contribution in [3.63, 3.8) is 0 Å². The second-order valence-corrected chi connectivity index (χ2v) is 6.72. The van der Waals surface area contributed by atoms with Crippen molar-refractivity contribution in [2.75, 3.05) is 11.1 Å². The molecule has 0 saturated carbocycles. The minimum absolute atomic E-state index is 0.0941. The highest BCUT2D eigenvalue weighted by molar-refractivity contribution is 7.99. The van der Waals surface area contributed by atoms with Gasteiger partial charge in [0.05, 0.1) is 5.75 Å². The summed E-state index contributed by atoms with van der Waals surface area (Å²) in [7, 11) is 0. The molecule has 1 N–H and O–H groups in total. The average molecular weight is 387 g/mol. The molecule has 3 aromatic rings. The van der Waals surface area contributed by atoms with E-state index in [1.165, 1.54) is 24.3 Å². The van der Waals surface area contributed by atoms with Crippen LogP contribution in [0.2, 0.25) is 0 Å². The Labute approximate surface area is 160 Å². The van der Waals surface area contributed by atoms with Gasteiger partial charge in [-0.3, -0.25) is 4.79 Å². The maximum absolute atomic E-state index is 12.9. The molecule has 0 radical (unpaired) electrons. The SMILES string of the molecule is Cc1cccc(OCc2nnc(SCC(=O)Nc3ccc(F)cc3)o2)c1C. The molecule has 1 aromatic heterocycles. The molecule has 0 atom stereocenters. The van der Waals surface area contributed by atoms with Gasteiger partial charge in [0, 0.05) is 5.69 Å². The van der Waals surface area contributed by atoms with E-state index in [-0.39, 0.29) is 29.3 Å². The molecule has 0 unspecified atom stereocenters. The first-order valence-electron chi connectivity index (χ1n) is 8.21. The molecular weight excluding hydrogens is 369 g/mol. The Hall–Kier alpha value is -2.87. The summed E-state index contributed by atoms with van der Waals surface area (Å²) in [6.07, 6.45) is 0. The van der Waals surface area contributed by atoms with Crippen molar-refractivity contribution in [3.05, 3.63) is 65.3 Å². The fourth-order valence-electron chi connectivity index (χ4n) is 2.23. The van der Waals surface area contributed by atoms with Crippen LogP contribution in [0.15, 0.2) is 52.1 Å². The van der Waals surface area contributed by atoms with Crippen LogP contribution in [-0.4, -0.2) is 21.9 Å². The summed E-state index contributed by atoms with van der Waals surface area (Å²) in [5, 5.41) is 10.8. The summed E-state index contributed by atoms with van der Waals surface area (Å²) >= 11 is 1.12. The number of nitrogens with zero attached hydrogens (tertiary/aromatic N) is 2. The van der Waals surface area contributed by atoms with Gasteiger partial charge in [-0.1, -0.05) is 23.9 Å². The van der Waals surface area contributed by atoms with Crippen molar-refractivity contribution in [1.82, 2.24) is 10.2 Å². The number of rotatable bonds is 7. The first-order chi connectivity index (χ1) is 13.0. The Morgan fingerprint density at radius 1 is 1.19 bits per heavy atom. The van der Waals surface area contributed by atoms with Gasteiger partial charge < -0.3 is 14.5 Å². The summed E-state index contributed by atoms with van der Waals surface area (Å²) in [6.45, 7) is 4.15. The van der Waals surface area contributed by atoms with Gasteiger partial charge >= 0.3 is 0 Å².